The zero-order valence-electron chi connectivity index (χ0n) is 14.9. The van der Waals surface area contributed by atoms with Crippen LogP contribution in [-0.2, 0) is 9.47 Å². The highest BCUT2D eigenvalue weighted by Crippen LogP contribution is 2.35. The minimum Gasteiger partial charge on any atom is -0.350 e. The van der Waals surface area contributed by atoms with Crippen molar-refractivity contribution in [1.82, 2.24) is 4.90 Å². The molecule has 2 aromatic rings. The first kappa shape index (κ1) is 18.3. The zero-order valence-corrected chi connectivity index (χ0v) is 14.9. The number of carbonyl (C=O) groups is 2. The standard InChI is InChI=1S/C20H18N2O6/c23-19-14-8-4-5-9-15(14)20(24)21(19)18(22(25)26)16(12-17-27-10-11-28-17)13-6-2-1-3-7-13/h1-9,16-18H,10-12H2/t16-,18?/m0/s1. The predicted molar refractivity (Wildman–Crippen MR) is 97.2 cm³/mol. The number of fused-ring (bicyclic) bond motifs is 1. The SMILES string of the molecule is O=C1c2ccccc2C(=O)N1C([C@@H](CC1OCCO1)c1ccccc1)[N+](=O)[O-]. The lowest BCUT2D eigenvalue weighted by Gasteiger charge is -2.28. The smallest absolute Gasteiger partial charge is 0.303 e. The molecule has 2 aliphatic rings. The van der Waals surface area contributed by atoms with Crippen LogP contribution in [0.3, 0.4) is 0 Å². The molecule has 1 fully saturated rings. The van der Waals surface area contributed by atoms with Crippen molar-refractivity contribution >= 4 is 11.8 Å². The minimum atomic E-state index is -1.57. The van der Waals surface area contributed by atoms with Crippen LogP contribution in [-0.4, -0.2) is 47.3 Å². The van der Waals surface area contributed by atoms with E-state index >= 15 is 0 Å². The van der Waals surface area contributed by atoms with Gasteiger partial charge in [-0.3, -0.25) is 19.7 Å². The van der Waals surface area contributed by atoms with Crippen LogP contribution in [0.2, 0.25) is 0 Å². The molecule has 0 saturated carbocycles. The van der Waals surface area contributed by atoms with Crippen LogP contribution in [0.5, 0.6) is 0 Å². The second-order valence-corrected chi connectivity index (χ2v) is 6.65. The van der Waals surface area contributed by atoms with Crippen LogP contribution in [0.15, 0.2) is 54.6 Å². The fraction of sp³-hybridized carbons (Fsp3) is 0.300. The molecule has 0 aromatic heterocycles. The molecule has 2 aromatic carbocycles. The highest BCUT2D eigenvalue weighted by molar-refractivity contribution is 6.21. The topological polar surface area (TPSA) is 99.0 Å². The molecule has 0 N–H and O–H groups in total. The lowest BCUT2D eigenvalue weighted by atomic mass is 9.91. The minimum absolute atomic E-state index is 0.156. The molecular weight excluding hydrogens is 364 g/mol. The van der Waals surface area contributed by atoms with Crippen molar-refractivity contribution in [3.8, 4) is 0 Å². The molecule has 1 saturated heterocycles. The summed E-state index contributed by atoms with van der Waals surface area (Å²) in [7, 11) is 0. The summed E-state index contributed by atoms with van der Waals surface area (Å²) in [5.41, 5.74) is 0.999. The summed E-state index contributed by atoms with van der Waals surface area (Å²) in [6.45, 7) is 0.810. The molecule has 8 heteroatoms. The molecule has 0 aliphatic carbocycles. The van der Waals surface area contributed by atoms with Gasteiger partial charge in [-0.1, -0.05) is 42.5 Å². The fourth-order valence-corrected chi connectivity index (χ4v) is 3.75. The lowest BCUT2D eigenvalue weighted by Crippen LogP contribution is -2.49. The Morgan fingerprint density at radius 1 is 0.964 bits per heavy atom. The molecule has 2 heterocycles. The van der Waals surface area contributed by atoms with Gasteiger partial charge in [0.05, 0.1) is 30.3 Å². The predicted octanol–water partition coefficient (Wildman–Crippen LogP) is 2.43. The fourth-order valence-electron chi connectivity index (χ4n) is 3.75. The highest BCUT2D eigenvalue weighted by Gasteiger charge is 2.50. The van der Waals surface area contributed by atoms with E-state index in [1.165, 1.54) is 12.1 Å². The second-order valence-electron chi connectivity index (χ2n) is 6.65. The Hall–Kier alpha value is -3.10. The molecule has 0 radical (unpaired) electrons. The molecule has 2 atom stereocenters. The average Bonchev–Trinajstić information content (AvgIpc) is 3.31. The van der Waals surface area contributed by atoms with E-state index in [4.69, 9.17) is 9.47 Å². The Morgan fingerprint density at radius 2 is 1.50 bits per heavy atom. The van der Waals surface area contributed by atoms with Gasteiger partial charge in [-0.2, -0.15) is 0 Å². The summed E-state index contributed by atoms with van der Waals surface area (Å²) in [6.07, 6.45) is -2.03. The number of amides is 2. The first-order valence-electron chi connectivity index (χ1n) is 8.96. The van der Waals surface area contributed by atoms with E-state index in [2.05, 4.69) is 0 Å². The van der Waals surface area contributed by atoms with Gasteiger partial charge >= 0.3 is 6.17 Å². The first-order valence-corrected chi connectivity index (χ1v) is 8.96. The maximum absolute atomic E-state index is 12.9. The monoisotopic (exact) mass is 382 g/mol. The van der Waals surface area contributed by atoms with E-state index in [0.717, 1.165) is 4.90 Å². The number of hydrogen-bond donors (Lipinski definition) is 0. The van der Waals surface area contributed by atoms with Crippen molar-refractivity contribution in [3.63, 3.8) is 0 Å². The van der Waals surface area contributed by atoms with Gasteiger partial charge < -0.3 is 9.47 Å². The van der Waals surface area contributed by atoms with Crippen molar-refractivity contribution in [2.75, 3.05) is 13.2 Å². The summed E-state index contributed by atoms with van der Waals surface area (Å²) in [5, 5.41) is 12.1. The quantitative estimate of drug-likeness (QED) is 0.432. The molecule has 4 rings (SSSR count). The number of hydrogen-bond acceptors (Lipinski definition) is 6. The van der Waals surface area contributed by atoms with Crippen LogP contribution in [0.1, 0.15) is 38.6 Å². The van der Waals surface area contributed by atoms with Gasteiger partial charge in [0.15, 0.2) is 6.29 Å². The highest BCUT2D eigenvalue weighted by atomic mass is 16.7. The number of imide groups is 1. The maximum Gasteiger partial charge on any atom is 0.303 e. The Balaban J connectivity index is 1.74. The molecule has 8 nitrogen and oxygen atoms in total. The Morgan fingerprint density at radius 3 is 2.04 bits per heavy atom. The molecule has 0 bridgehead atoms. The third kappa shape index (κ3) is 3.17. The molecule has 0 spiro atoms. The van der Waals surface area contributed by atoms with Crippen molar-refractivity contribution in [2.45, 2.75) is 24.8 Å². The maximum atomic E-state index is 12.9. The van der Waals surface area contributed by atoms with Gasteiger partial charge in [0.25, 0.3) is 11.8 Å². The second kappa shape index (κ2) is 7.49. The van der Waals surface area contributed by atoms with Crippen LogP contribution < -0.4 is 0 Å². The van der Waals surface area contributed by atoms with Crippen LogP contribution >= 0.6 is 0 Å². The van der Waals surface area contributed by atoms with Crippen molar-refractivity contribution in [2.24, 2.45) is 0 Å². The van der Waals surface area contributed by atoms with Crippen LogP contribution in [0, 0.1) is 10.1 Å². The first-order chi connectivity index (χ1) is 13.6. The Labute approximate surface area is 160 Å². The molecular formula is C20H18N2O6. The zero-order chi connectivity index (χ0) is 19.7. The normalized spacial score (nSPS) is 18.9. The van der Waals surface area contributed by atoms with E-state index in [1.807, 2.05) is 0 Å². The van der Waals surface area contributed by atoms with E-state index in [1.54, 1.807) is 42.5 Å². The summed E-state index contributed by atoms with van der Waals surface area (Å²) in [4.78, 5) is 38.0. The number of nitrogens with zero attached hydrogens (tertiary/aromatic N) is 2. The molecule has 28 heavy (non-hydrogen) atoms. The number of benzene rings is 2. The van der Waals surface area contributed by atoms with E-state index in [9.17, 15) is 19.7 Å². The van der Waals surface area contributed by atoms with Gasteiger partial charge in [-0.25, -0.2) is 4.90 Å². The summed E-state index contributed by atoms with van der Waals surface area (Å²) in [5.74, 6) is -2.09. The third-order valence-corrected chi connectivity index (χ3v) is 5.03. The number of nitro groups is 1. The molecule has 144 valence electrons. The summed E-state index contributed by atoms with van der Waals surface area (Å²) < 4.78 is 11.0. The van der Waals surface area contributed by atoms with Gasteiger partial charge in [0.2, 0.25) is 0 Å². The average molecular weight is 382 g/mol. The van der Waals surface area contributed by atoms with E-state index in [0.29, 0.717) is 18.8 Å². The van der Waals surface area contributed by atoms with E-state index in [-0.39, 0.29) is 17.5 Å². The largest absolute Gasteiger partial charge is 0.350 e. The Kier molecular flexibility index (Phi) is 4.89. The van der Waals surface area contributed by atoms with Crippen molar-refractivity contribution < 1.29 is 24.0 Å². The number of rotatable bonds is 6. The third-order valence-electron chi connectivity index (χ3n) is 5.03. The summed E-state index contributed by atoms with van der Waals surface area (Å²) >= 11 is 0. The van der Waals surface area contributed by atoms with Gasteiger partial charge in [-0.05, 0) is 17.7 Å². The number of carbonyl (C=O) groups excluding carboxylic acids is 2. The summed E-state index contributed by atoms with van der Waals surface area (Å²) in [6, 6.07) is 15.1. The number of ether oxygens (including phenoxy) is 2. The molecule has 1 unspecified atom stereocenters. The lowest BCUT2D eigenvalue weighted by molar-refractivity contribution is -0.546. The molecule has 2 amide bonds. The molecule has 2 aliphatic heterocycles. The van der Waals surface area contributed by atoms with Crippen molar-refractivity contribution in [1.29, 1.82) is 0 Å². The van der Waals surface area contributed by atoms with Crippen LogP contribution in [0.4, 0.5) is 0 Å². The van der Waals surface area contributed by atoms with E-state index < -0.39 is 35.1 Å². The van der Waals surface area contributed by atoms with Gasteiger partial charge in [-0.15, -0.1) is 0 Å². The van der Waals surface area contributed by atoms with Crippen LogP contribution in [0.25, 0.3) is 0 Å². The van der Waals surface area contributed by atoms with Crippen molar-refractivity contribution in [3.05, 3.63) is 81.4 Å². The van der Waals surface area contributed by atoms with Gasteiger partial charge in [0, 0.05) is 11.3 Å². The van der Waals surface area contributed by atoms with Gasteiger partial charge in [0.1, 0.15) is 0 Å². The Bertz CT molecular complexity index is 875.